The number of fused-ring (bicyclic) bond motifs is 2. The van der Waals surface area contributed by atoms with Crippen molar-refractivity contribution in [3.05, 3.63) is 69.0 Å². The van der Waals surface area contributed by atoms with Crippen molar-refractivity contribution in [1.29, 1.82) is 0 Å². The van der Waals surface area contributed by atoms with Crippen LogP contribution in [-0.2, 0) is 10.0 Å². The van der Waals surface area contributed by atoms with Crippen LogP contribution in [0, 0.1) is 0 Å². The second-order valence-corrected chi connectivity index (χ2v) is 9.37. The molecule has 4 aromatic rings. The van der Waals surface area contributed by atoms with E-state index in [9.17, 15) is 18.0 Å². The van der Waals surface area contributed by atoms with Gasteiger partial charge in [-0.2, -0.15) is 4.31 Å². The molecule has 1 fully saturated rings. The number of sulfonamides is 1. The fourth-order valence-electron chi connectivity index (χ4n) is 3.94. The first-order valence-electron chi connectivity index (χ1n) is 9.63. The van der Waals surface area contributed by atoms with Crippen LogP contribution in [0.4, 0.5) is 0 Å². The molecule has 2 aromatic carbocycles. The van der Waals surface area contributed by atoms with Crippen molar-refractivity contribution >= 4 is 32.1 Å². The normalized spacial score (nSPS) is 16.4. The predicted molar refractivity (Wildman–Crippen MR) is 112 cm³/mol. The molecule has 9 nitrogen and oxygen atoms in total. The molecule has 30 heavy (non-hydrogen) atoms. The molecule has 0 atom stereocenters. The maximum absolute atomic E-state index is 13.1. The zero-order valence-corrected chi connectivity index (χ0v) is 16.7. The molecule has 5 rings (SSSR count). The average Bonchev–Trinajstić information content (AvgIpc) is 3.18. The lowest BCUT2D eigenvalue weighted by Crippen LogP contribution is -2.38. The summed E-state index contributed by atoms with van der Waals surface area (Å²) in [5, 5.41) is 0. The number of benzene rings is 2. The molecule has 0 unspecified atom stereocenters. The number of aromatic nitrogens is 4. The Balaban J connectivity index is 1.38. The molecule has 0 spiro atoms. The molecule has 154 valence electrons. The molecule has 0 amide bonds. The van der Waals surface area contributed by atoms with Crippen molar-refractivity contribution in [2.24, 2.45) is 0 Å². The van der Waals surface area contributed by atoms with E-state index < -0.39 is 21.1 Å². The van der Waals surface area contributed by atoms with Crippen LogP contribution in [0.5, 0.6) is 0 Å². The van der Waals surface area contributed by atoms with Crippen molar-refractivity contribution < 1.29 is 8.42 Å². The molecule has 10 heteroatoms. The van der Waals surface area contributed by atoms with Gasteiger partial charge < -0.3 is 15.0 Å². The molecule has 3 N–H and O–H groups in total. The lowest BCUT2D eigenvalue weighted by Gasteiger charge is -2.30. The summed E-state index contributed by atoms with van der Waals surface area (Å²) in [6, 6.07) is 12.1. The minimum atomic E-state index is -3.72. The van der Waals surface area contributed by atoms with Crippen LogP contribution in [0.25, 0.3) is 22.1 Å². The maximum Gasteiger partial charge on any atom is 0.314 e. The highest BCUT2D eigenvalue weighted by Crippen LogP contribution is 2.30. The molecule has 0 bridgehead atoms. The summed E-state index contributed by atoms with van der Waals surface area (Å²) < 4.78 is 27.7. The van der Waals surface area contributed by atoms with E-state index >= 15 is 0 Å². The largest absolute Gasteiger partial charge is 0.342 e. The first-order valence-corrected chi connectivity index (χ1v) is 11.1. The molecule has 1 aliphatic heterocycles. The van der Waals surface area contributed by atoms with Gasteiger partial charge in [0.1, 0.15) is 5.82 Å². The SMILES string of the molecule is O=c1[nH]c2ccc(S(=O)(=O)N3CCC(c4nc5ccccc5[nH]4)CC3)cc2[nH]c1=O. The second-order valence-electron chi connectivity index (χ2n) is 7.43. The van der Waals surface area contributed by atoms with Gasteiger partial charge in [-0.05, 0) is 43.2 Å². The van der Waals surface area contributed by atoms with Crippen LogP contribution in [0.3, 0.4) is 0 Å². The van der Waals surface area contributed by atoms with E-state index in [4.69, 9.17) is 0 Å². The Morgan fingerprint density at radius 3 is 2.30 bits per heavy atom. The number of rotatable bonds is 3. The number of hydrogen-bond donors (Lipinski definition) is 3. The Morgan fingerprint density at radius 1 is 0.867 bits per heavy atom. The molecule has 0 aliphatic carbocycles. The van der Waals surface area contributed by atoms with Crippen molar-refractivity contribution in [2.45, 2.75) is 23.7 Å². The smallest absolute Gasteiger partial charge is 0.314 e. The Morgan fingerprint density at radius 2 is 1.57 bits per heavy atom. The number of imidazole rings is 1. The standard InChI is InChI=1S/C20H19N5O4S/c26-19-20(27)24-17-11-13(5-6-16(17)23-19)30(28,29)25-9-7-12(8-10-25)18-21-14-3-1-2-4-15(14)22-18/h1-6,11-12H,7-10H2,(H,21,22)(H,23,26)(H,24,27). The summed E-state index contributed by atoms with van der Waals surface area (Å²) in [4.78, 5) is 35.9. The Kier molecular flexibility index (Phi) is 4.33. The van der Waals surface area contributed by atoms with Gasteiger partial charge in [-0.3, -0.25) is 9.59 Å². The van der Waals surface area contributed by atoms with Crippen molar-refractivity contribution in [3.63, 3.8) is 0 Å². The quantitative estimate of drug-likeness (QED) is 0.430. The highest BCUT2D eigenvalue weighted by molar-refractivity contribution is 7.89. The van der Waals surface area contributed by atoms with Crippen molar-refractivity contribution in [1.82, 2.24) is 24.2 Å². The van der Waals surface area contributed by atoms with Gasteiger partial charge in [0.15, 0.2) is 0 Å². The third-order valence-corrected chi connectivity index (χ3v) is 7.47. The minimum absolute atomic E-state index is 0.0832. The fourth-order valence-corrected chi connectivity index (χ4v) is 5.44. The number of hydrogen-bond acceptors (Lipinski definition) is 5. The number of piperidine rings is 1. The number of nitrogens with zero attached hydrogens (tertiary/aromatic N) is 2. The minimum Gasteiger partial charge on any atom is -0.342 e. The van der Waals surface area contributed by atoms with Crippen LogP contribution < -0.4 is 11.1 Å². The highest BCUT2D eigenvalue weighted by atomic mass is 32.2. The van der Waals surface area contributed by atoms with Gasteiger partial charge in [-0.1, -0.05) is 12.1 Å². The van der Waals surface area contributed by atoms with Crippen LogP contribution in [-0.4, -0.2) is 45.7 Å². The second kappa shape index (κ2) is 6.92. The van der Waals surface area contributed by atoms with Gasteiger partial charge in [0.05, 0.1) is 27.0 Å². The molecule has 1 aliphatic rings. The maximum atomic E-state index is 13.1. The lowest BCUT2D eigenvalue weighted by atomic mass is 9.97. The summed E-state index contributed by atoms with van der Waals surface area (Å²) in [6.07, 6.45) is 1.33. The monoisotopic (exact) mass is 425 g/mol. The van der Waals surface area contributed by atoms with Crippen LogP contribution in [0.15, 0.2) is 56.9 Å². The first kappa shape index (κ1) is 18.8. The van der Waals surface area contributed by atoms with Crippen LogP contribution >= 0.6 is 0 Å². The predicted octanol–water partition coefficient (Wildman–Crippen LogP) is 1.66. The molecular weight excluding hydrogens is 406 g/mol. The topological polar surface area (TPSA) is 132 Å². The molecular formula is C20H19N5O4S. The zero-order valence-electron chi connectivity index (χ0n) is 15.9. The summed E-state index contributed by atoms with van der Waals surface area (Å²) >= 11 is 0. The van der Waals surface area contributed by atoms with E-state index in [0.717, 1.165) is 16.9 Å². The molecule has 3 heterocycles. The van der Waals surface area contributed by atoms with Gasteiger partial charge in [0.2, 0.25) is 10.0 Å². The molecule has 2 aromatic heterocycles. The van der Waals surface area contributed by atoms with Gasteiger partial charge in [0.25, 0.3) is 0 Å². The molecule has 0 saturated carbocycles. The Bertz CT molecular complexity index is 1440. The summed E-state index contributed by atoms with van der Waals surface area (Å²) in [6.45, 7) is 0.758. The Hall–Kier alpha value is -3.24. The van der Waals surface area contributed by atoms with Gasteiger partial charge >= 0.3 is 11.1 Å². The van der Waals surface area contributed by atoms with Crippen molar-refractivity contribution in [2.75, 3.05) is 13.1 Å². The van der Waals surface area contributed by atoms with Gasteiger partial charge in [-0.15, -0.1) is 0 Å². The van der Waals surface area contributed by atoms with E-state index in [1.165, 1.54) is 22.5 Å². The van der Waals surface area contributed by atoms with Crippen LogP contribution in [0.1, 0.15) is 24.6 Å². The average molecular weight is 425 g/mol. The third-order valence-electron chi connectivity index (χ3n) is 5.58. The summed E-state index contributed by atoms with van der Waals surface area (Å²) in [7, 11) is -3.72. The van der Waals surface area contributed by atoms with Crippen LogP contribution in [0.2, 0.25) is 0 Å². The van der Waals surface area contributed by atoms with Gasteiger partial charge in [-0.25, -0.2) is 13.4 Å². The zero-order chi connectivity index (χ0) is 20.9. The van der Waals surface area contributed by atoms with E-state index in [2.05, 4.69) is 19.9 Å². The number of H-pyrrole nitrogens is 3. The van der Waals surface area contributed by atoms with E-state index in [1.54, 1.807) is 0 Å². The number of aromatic amines is 3. The van der Waals surface area contributed by atoms with E-state index in [0.29, 0.717) is 31.4 Å². The third kappa shape index (κ3) is 3.14. The number of para-hydroxylation sites is 2. The van der Waals surface area contributed by atoms with Crippen molar-refractivity contribution in [3.8, 4) is 0 Å². The molecule has 1 saturated heterocycles. The summed E-state index contributed by atoms with van der Waals surface area (Å²) in [5.74, 6) is 1.06. The molecule has 0 radical (unpaired) electrons. The lowest BCUT2D eigenvalue weighted by molar-refractivity contribution is 0.314. The van der Waals surface area contributed by atoms with E-state index in [1.807, 2.05) is 24.3 Å². The fraction of sp³-hybridized carbons (Fsp3) is 0.250. The van der Waals surface area contributed by atoms with Gasteiger partial charge in [0, 0.05) is 19.0 Å². The number of nitrogens with one attached hydrogen (secondary N) is 3. The Labute approximate surface area is 170 Å². The summed E-state index contributed by atoms with van der Waals surface area (Å²) in [5.41, 5.74) is 0.950. The first-order chi connectivity index (χ1) is 14.4. The van der Waals surface area contributed by atoms with E-state index in [-0.39, 0.29) is 16.3 Å². The highest BCUT2D eigenvalue weighted by Gasteiger charge is 2.31.